The van der Waals surface area contributed by atoms with Gasteiger partial charge in [-0.3, -0.25) is 14.9 Å². The standard InChI is InChI=1S/C13H7BrClNO4/c14-9-1-4-13(11(15)6-9)20-10-2-3-12(16(18)19)8(5-10)7-17/h1-7H. The van der Waals surface area contributed by atoms with Gasteiger partial charge in [0, 0.05) is 10.5 Å². The first kappa shape index (κ1) is 14.5. The molecule has 0 atom stereocenters. The molecule has 20 heavy (non-hydrogen) atoms. The number of benzene rings is 2. The van der Waals surface area contributed by atoms with Crippen molar-refractivity contribution in [2.45, 2.75) is 0 Å². The molecule has 5 nitrogen and oxygen atoms in total. The Morgan fingerprint density at radius 2 is 2.00 bits per heavy atom. The number of rotatable bonds is 4. The molecule has 0 aliphatic rings. The van der Waals surface area contributed by atoms with Crippen LogP contribution in [0.1, 0.15) is 10.4 Å². The zero-order valence-electron chi connectivity index (χ0n) is 9.88. The number of nitrogens with zero attached hydrogens (tertiary/aromatic N) is 1. The Morgan fingerprint density at radius 3 is 2.60 bits per heavy atom. The van der Waals surface area contributed by atoms with Crippen LogP contribution in [0.15, 0.2) is 40.9 Å². The number of carbonyl (C=O) groups is 1. The Hall–Kier alpha value is -1.92. The van der Waals surface area contributed by atoms with E-state index in [1.807, 2.05) is 0 Å². The average molecular weight is 357 g/mol. The van der Waals surface area contributed by atoms with Gasteiger partial charge in [-0.25, -0.2) is 0 Å². The van der Waals surface area contributed by atoms with Gasteiger partial charge in [-0.05, 0) is 30.3 Å². The third kappa shape index (κ3) is 3.15. The van der Waals surface area contributed by atoms with E-state index in [0.717, 1.165) is 4.47 Å². The normalized spacial score (nSPS) is 10.1. The largest absolute Gasteiger partial charge is 0.456 e. The van der Waals surface area contributed by atoms with Crippen LogP contribution in [0.25, 0.3) is 0 Å². The fourth-order valence-electron chi connectivity index (χ4n) is 1.54. The first-order chi connectivity index (χ1) is 9.51. The van der Waals surface area contributed by atoms with Crippen LogP contribution in [0.5, 0.6) is 11.5 Å². The van der Waals surface area contributed by atoms with E-state index in [1.165, 1.54) is 18.2 Å². The van der Waals surface area contributed by atoms with Gasteiger partial charge in [0.1, 0.15) is 11.5 Å². The van der Waals surface area contributed by atoms with Crippen LogP contribution in [-0.2, 0) is 0 Å². The van der Waals surface area contributed by atoms with Gasteiger partial charge in [0.25, 0.3) is 5.69 Å². The monoisotopic (exact) mass is 355 g/mol. The Balaban J connectivity index is 2.34. The molecule has 0 heterocycles. The predicted octanol–water partition coefficient (Wildman–Crippen LogP) is 4.62. The summed E-state index contributed by atoms with van der Waals surface area (Å²) in [6.07, 6.45) is 0.411. The molecular formula is C13H7BrClNO4. The zero-order valence-corrected chi connectivity index (χ0v) is 12.2. The molecule has 0 bridgehead atoms. The third-order valence-electron chi connectivity index (χ3n) is 2.44. The third-order valence-corrected chi connectivity index (χ3v) is 3.23. The number of nitro groups is 1. The van der Waals surface area contributed by atoms with Crippen molar-refractivity contribution in [1.29, 1.82) is 0 Å². The molecule has 2 rings (SSSR count). The molecule has 0 unspecified atom stereocenters. The lowest BCUT2D eigenvalue weighted by Crippen LogP contribution is -1.95. The number of hydrogen-bond acceptors (Lipinski definition) is 4. The van der Waals surface area contributed by atoms with E-state index in [2.05, 4.69) is 15.9 Å². The van der Waals surface area contributed by atoms with Crippen molar-refractivity contribution in [1.82, 2.24) is 0 Å². The van der Waals surface area contributed by atoms with Gasteiger partial charge in [0.15, 0.2) is 6.29 Å². The Kier molecular flexibility index (Phi) is 4.36. The number of halogens is 2. The molecule has 0 radical (unpaired) electrons. The maximum absolute atomic E-state index is 10.9. The minimum Gasteiger partial charge on any atom is -0.456 e. The van der Waals surface area contributed by atoms with Gasteiger partial charge in [-0.2, -0.15) is 0 Å². The lowest BCUT2D eigenvalue weighted by molar-refractivity contribution is -0.385. The minimum absolute atomic E-state index is 0.0549. The molecule has 0 amide bonds. The number of aldehydes is 1. The molecule has 0 aliphatic carbocycles. The van der Waals surface area contributed by atoms with Crippen molar-refractivity contribution >= 4 is 39.5 Å². The highest BCUT2D eigenvalue weighted by atomic mass is 79.9. The molecule has 0 N–H and O–H groups in total. The van der Waals surface area contributed by atoms with Crippen molar-refractivity contribution in [2.75, 3.05) is 0 Å². The van der Waals surface area contributed by atoms with Gasteiger partial charge in [-0.1, -0.05) is 27.5 Å². The molecule has 2 aromatic carbocycles. The first-order valence-electron chi connectivity index (χ1n) is 5.38. The Labute approximate surface area is 127 Å². The lowest BCUT2D eigenvalue weighted by Gasteiger charge is -2.08. The highest BCUT2D eigenvalue weighted by molar-refractivity contribution is 9.10. The van der Waals surface area contributed by atoms with Crippen molar-refractivity contribution in [3.8, 4) is 11.5 Å². The quantitative estimate of drug-likeness (QED) is 0.455. The Bertz CT molecular complexity index is 690. The van der Waals surface area contributed by atoms with E-state index in [-0.39, 0.29) is 11.3 Å². The van der Waals surface area contributed by atoms with Crippen LogP contribution >= 0.6 is 27.5 Å². The molecule has 2 aromatic rings. The fraction of sp³-hybridized carbons (Fsp3) is 0. The lowest BCUT2D eigenvalue weighted by atomic mass is 10.2. The summed E-state index contributed by atoms with van der Waals surface area (Å²) in [5.74, 6) is 0.683. The van der Waals surface area contributed by atoms with Gasteiger partial charge in [0.2, 0.25) is 0 Å². The van der Waals surface area contributed by atoms with Crippen LogP contribution < -0.4 is 4.74 Å². The number of carbonyl (C=O) groups excluding carboxylic acids is 1. The van der Waals surface area contributed by atoms with E-state index in [1.54, 1.807) is 18.2 Å². The molecular weight excluding hydrogens is 350 g/mol. The minimum atomic E-state index is -0.625. The summed E-state index contributed by atoms with van der Waals surface area (Å²) in [7, 11) is 0. The van der Waals surface area contributed by atoms with Crippen LogP contribution in [-0.4, -0.2) is 11.2 Å². The van der Waals surface area contributed by atoms with Crippen molar-refractivity contribution in [3.05, 3.63) is 61.6 Å². The molecule has 0 spiro atoms. The van der Waals surface area contributed by atoms with Gasteiger partial charge < -0.3 is 4.74 Å². The number of nitro benzene ring substituents is 1. The van der Waals surface area contributed by atoms with Crippen molar-refractivity contribution in [2.24, 2.45) is 0 Å². The van der Waals surface area contributed by atoms with E-state index in [4.69, 9.17) is 16.3 Å². The molecule has 0 aliphatic heterocycles. The molecule has 0 saturated carbocycles. The Morgan fingerprint density at radius 1 is 1.25 bits per heavy atom. The average Bonchev–Trinajstić information content (AvgIpc) is 2.41. The molecule has 0 saturated heterocycles. The number of hydrogen-bond donors (Lipinski definition) is 0. The zero-order chi connectivity index (χ0) is 14.7. The number of ether oxygens (including phenoxy) is 1. The summed E-state index contributed by atoms with van der Waals surface area (Å²) in [5.41, 5.74) is -0.324. The molecule has 0 aromatic heterocycles. The van der Waals surface area contributed by atoms with Crippen LogP contribution in [0.3, 0.4) is 0 Å². The van der Waals surface area contributed by atoms with Crippen molar-refractivity contribution in [3.63, 3.8) is 0 Å². The van der Waals surface area contributed by atoms with Crippen LogP contribution in [0.2, 0.25) is 5.02 Å². The highest BCUT2D eigenvalue weighted by Gasteiger charge is 2.14. The van der Waals surface area contributed by atoms with Crippen molar-refractivity contribution < 1.29 is 14.5 Å². The summed E-state index contributed by atoms with van der Waals surface area (Å²) in [6.45, 7) is 0. The summed E-state index contributed by atoms with van der Waals surface area (Å²) in [4.78, 5) is 21.0. The van der Waals surface area contributed by atoms with Crippen LogP contribution in [0.4, 0.5) is 5.69 Å². The maximum Gasteiger partial charge on any atom is 0.280 e. The summed E-state index contributed by atoms with van der Waals surface area (Å²) < 4.78 is 6.31. The summed E-state index contributed by atoms with van der Waals surface area (Å²) >= 11 is 9.27. The first-order valence-corrected chi connectivity index (χ1v) is 6.55. The van der Waals surface area contributed by atoms with Gasteiger partial charge in [0.05, 0.1) is 15.5 Å². The van der Waals surface area contributed by atoms with E-state index < -0.39 is 4.92 Å². The van der Waals surface area contributed by atoms with Crippen LogP contribution in [0, 0.1) is 10.1 Å². The predicted molar refractivity (Wildman–Crippen MR) is 77.7 cm³/mol. The van der Waals surface area contributed by atoms with E-state index >= 15 is 0 Å². The second-order valence-electron chi connectivity index (χ2n) is 3.77. The maximum atomic E-state index is 10.9. The topological polar surface area (TPSA) is 69.4 Å². The molecule has 102 valence electrons. The SMILES string of the molecule is O=Cc1cc(Oc2ccc(Br)cc2Cl)ccc1[N+](=O)[O-]. The van der Waals surface area contributed by atoms with Gasteiger partial charge in [-0.15, -0.1) is 0 Å². The van der Waals surface area contributed by atoms with E-state index in [0.29, 0.717) is 22.8 Å². The fourth-order valence-corrected chi connectivity index (χ4v) is 2.25. The smallest absolute Gasteiger partial charge is 0.280 e. The molecule has 0 fully saturated rings. The second kappa shape index (κ2) is 6.02. The highest BCUT2D eigenvalue weighted by Crippen LogP contribution is 2.33. The summed E-state index contributed by atoms with van der Waals surface area (Å²) in [5, 5.41) is 11.1. The van der Waals surface area contributed by atoms with E-state index in [9.17, 15) is 14.9 Å². The summed E-state index contributed by atoms with van der Waals surface area (Å²) in [6, 6.07) is 8.96. The van der Waals surface area contributed by atoms with Gasteiger partial charge >= 0.3 is 0 Å². The second-order valence-corrected chi connectivity index (χ2v) is 5.10. The molecule has 7 heteroatoms.